The lowest BCUT2D eigenvalue weighted by molar-refractivity contribution is -0.139. The van der Waals surface area contributed by atoms with Crippen LogP contribution in [0, 0.1) is 0 Å². The minimum atomic E-state index is -1.17. The summed E-state index contributed by atoms with van der Waals surface area (Å²) in [6.45, 7) is 0. The second-order valence-electron chi connectivity index (χ2n) is 3.43. The molecule has 0 aliphatic rings. The number of aldehydes is 1. The van der Waals surface area contributed by atoms with Gasteiger partial charge in [0.1, 0.15) is 11.8 Å². The lowest BCUT2D eigenvalue weighted by Crippen LogP contribution is -2.30. The van der Waals surface area contributed by atoms with Gasteiger partial charge in [-0.15, -0.1) is 0 Å². The third-order valence-corrected chi connectivity index (χ3v) is 1.95. The molecular weight excluding hydrogens is 256 g/mol. The Morgan fingerprint density at radius 1 is 1.42 bits per heavy atom. The van der Waals surface area contributed by atoms with Crippen LogP contribution in [-0.2, 0) is 9.59 Å². The Kier molecular flexibility index (Phi) is 7.47. The van der Waals surface area contributed by atoms with Gasteiger partial charge >= 0.3 is 11.9 Å². The maximum absolute atomic E-state index is 10.0. The first-order chi connectivity index (χ1) is 8.88. The SMILES string of the molecule is NC(CCC(=O)O)C(=O)O.O=Cc1ccncc1O. The summed E-state index contributed by atoms with van der Waals surface area (Å²) in [5, 5.41) is 25.1. The van der Waals surface area contributed by atoms with Gasteiger partial charge in [0.15, 0.2) is 6.29 Å². The topological polar surface area (TPSA) is 151 Å². The fraction of sp³-hybridized carbons (Fsp3) is 0.273. The zero-order chi connectivity index (χ0) is 14.8. The maximum atomic E-state index is 10.0. The Morgan fingerprint density at radius 3 is 2.42 bits per heavy atom. The van der Waals surface area contributed by atoms with Crippen LogP contribution >= 0.6 is 0 Å². The normalized spacial score (nSPS) is 10.8. The van der Waals surface area contributed by atoms with Gasteiger partial charge in [0.25, 0.3) is 0 Å². The third kappa shape index (κ3) is 7.45. The molecule has 5 N–H and O–H groups in total. The average molecular weight is 270 g/mol. The van der Waals surface area contributed by atoms with E-state index in [0.29, 0.717) is 6.29 Å². The molecule has 0 radical (unpaired) electrons. The molecular formula is C11H14N2O6. The highest BCUT2D eigenvalue weighted by atomic mass is 16.4. The predicted octanol–water partition coefficient (Wildman–Crippen LogP) is -0.137. The number of aliphatic carboxylic acids is 2. The number of hydrogen-bond donors (Lipinski definition) is 4. The van der Waals surface area contributed by atoms with Gasteiger partial charge in [-0.2, -0.15) is 0 Å². The van der Waals surface area contributed by atoms with Gasteiger partial charge in [0.05, 0.1) is 11.8 Å². The predicted molar refractivity (Wildman–Crippen MR) is 63.8 cm³/mol. The molecule has 1 unspecified atom stereocenters. The first kappa shape index (κ1) is 16.5. The monoisotopic (exact) mass is 270 g/mol. The molecule has 0 spiro atoms. The molecule has 0 bridgehead atoms. The number of carbonyl (C=O) groups excluding carboxylic acids is 1. The number of rotatable bonds is 5. The molecule has 1 heterocycles. The van der Waals surface area contributed by atoms with E-state index in [-0.39, 0.29) is 24.2 Å². The van der Waals surface area contributed by atoms with Gasteiger partial charge in [-0.25, -0.2) is 0 Å². The van der Waals surface area contributed by atoms with Crippen LogP contribution in [0.25, 0.3) is 0 Å². The van der Waals surface area contributed by atoms with Gasteiger partial charge in [0.2, 0.25) is 0 Å². The Labute approximate surface area is 108 Å². The molecule has 0 aliphatic carbocycles. The number of nitrogens with zero attached hydrogens (tertiary/aromatic N) is 1. The van der Waals surface area contributed by atoms with E-state index in [1.165, 1.54) is 18.5 Å². The number of carboxylic acid groups (broad SMARTS) is 2. The van der Waals surface area contributed by atoms with E-state index in [1.54, 1.807) is 0 Å². The summed E-state index contributed by atoms with van der Waals surface area (Å²) in [7, 11) is 0. The molecule has 8 heteroatoms. The van der Waals surface area contributed by atoms with Crippen LogP contribution in [-0.4, -0.2) is 44.6 Å². The molecule has 0 aliphatic heterocycles. The van der Waals surface area contributed by atoms with Crippen molar-refractivity contribution >= 4 is 18.2 Å². The Morgan fingerprint density at radius 2 is 2.05 bits per heavy atom. The number of nitrogens with two attached hydrogens (primary N) is 1. The van der Waals surface area contributed by atoms with Crippen LogP contribution in [0.1, 0.15) is 23.2 Å². The summed E-state index contributed by atoms with van der Waals surface area (Å²) in [5.41, 5.74) is 5.27. The van der Waals surface area contributed by atoms with Gasteiger partial charge in [-0.1, -0.05) is 0 Å². The first-order valence-corrected chi connectivity index (χ1v) is 5.16. The second-order valence-corrected chi connectivity index (χ2v) is 3.43. The van der Waals surface area contributed by atoms with E-state index in [1.807, 2.05) is 0 Å². The highest BCUT2D eigenvalue weighted by Gasteiger charge is 2.12. The Balaban J connectivity index is 0.000000342. The summed E-state index contributed by atoms with van der Waals surface area (Å²) in [4.78, 5) is 33.5. The number of aromatic nitrogens is 1. The summed E-state index contributed by atoms with van der Waals surface area (Å²) < 4.78 is 0. The number of pyridine rings is 1. The standard InChI is InChI=1S/C6H5NO2.C5H9NO4/c8-4-5-1-2-7-3-6(5)9;6-3(5(9)10)1-2-4(7)8/h1-4,9H;3H,1-2,6H2,(H,7,8)(H,9,10). The van der Waals surface area contributed by atoms with Crippen molar-refractivity contribution in [2.24, 2.45) is 5.73 Å². The molecule has 0 fully saturated rings. The molecule has 1 rings (SSSR count). The van der Waals surface area contributed by atoms with Crippen molar-refractivity contribution in [3.63, 3.8) is 0 Å². The van der Waals surface area contributed by atoms with Gasteiger partial charge in [0, 0.05) is 12.6 Å². The highest BCUT2D eigenvalue weighted by Crippen LogP contribution is 2.09. The molecule has 1 aromatic rings. The smallest absolute Gasteiger partial charge is 0.320 e. The first-order valence-electron chi connectivity index (χ1n) is 5.16. The van der Waals surface area contributed by atoms with Crippen molar-refractivity contribution in [2.45, 2.75) is 18.9 Å². The number of hydrogen-bond acceptors (Lipinski definition) is 6. The zero-order valence-corrected chi connectivity index (χ0v) is 9.89. The lowest BCUT2D eigenvalue weighted by Gasteiger charge is -2.01. The molecule has 0 saturated heterocycles. The van der Waals surface area contributed by atoms with E-state index in [2.05, 4.69) is 4.98 Å². The fourth-order valence-corrected chi connectivity index (χ4v) is 0.899. The molecule has 104 valence electrons. The van der Waals surface area contributed by atoms with Gasteiger partial charge < -0.3 is 21.1 Å². The Bertz CT molecular complexity index is 449. The molecule has 0 aromatic carbocycles. The number of carbonyl (C=O) groups is 3. The van der Waals surface area contributed by atoms with Crippen LogP contribution in [0.2, 0.25) is 0 Å². The van der Waals surface area contributed by atoms with Crippen molar-refractivity contribution in [2.75, 3.05) is 0 Å². The van der Waals surface area contributed by atoms with Gasteiger partial charge in [-0.05, 0) is 12.5 Å². The van der Waals surface area contributed by atoms with Crippen molar-refractivity contribution in [3.8, 4) is 5.75 Å². The second kappa shape index (κ2) is 8.59. The molecule has 1 atom stereocenters. The van der Waals surface area contributed by atoms with E-state index < -0.39 is 18.0 Å². The summed E-state index contributed by atoms with van der Waals surface area (Å²) in [5.74, 6) is -2.27. The molecule has 19 heavy (non-hydrogen) atoms. The summed E-state index contributed by atoms with van der Waals surface area (Å²) in [6, 6.07) is 0.388. The third-order valence-electron chi connectivity index (χ3n) is 1.95. The van der Waals surface area contributed by atoms with Crippen LogP contribution in [0.3, 0.4) is 0 Å². The largest absolute Gasteiger partial charge is 0.506 e. The molecule has 0 amide bonds. The fourth-order valence-electron chi connectivity index (χ4n) is 0.899. The lowest BCUT2D eigenvalue weighted by atomic mass is 10.2. The van der Waals surface area contributed by atoms with Crippen LogP contribution in [0.15, 0.2) is 18.5 Å². The highest BCUT2D eigenvalue weighted by molar-refractivity contribution is 5.78. The van der Waals surface area contributed by atoms with Crippen LogP contribution < -0.4 is 5.73 Å². The quantitative estimate of drug-likeness (QED) is 0.540. The number of carboxylic acids is 2. The van der Waals surface area contributed by atoms with Crippen molar-refractivity contribution in [3.05, 3.63) is 24.0 Å². The molecule has 1 aromatic heterocycles. The zero-order valence-electron chi connectivity index (χ0n) is 9.89. The minimum Gasteiger partial charge on any atom is -0.506 e. The summed E-state index contributed by atoms with van der Waals surface area (Å²) >= 11 is 0. The summed E-state index contributed by atoms with van der Waals surface area (Å²) in [6.07, 6.45) is 3.03. The average Bonchev–Trinajstić information content (AvgIpc) is 2.37. The van der Waals surface area contributed by atoms with Crippen molar-refractivity contribution < 1.29 is 29.7 Å². The van der Waals surface area contributed by atoms with E-state index >= 15 is 0 Å². The van der Waals surface area contributed by atoms with Crippen LogP contribution in [0.4, 0.5) is 0 Å². The van der Waals surface area contributed by atoms with Gasteiger partial charge in [-0.3, -0.25) is 19.4 Å². The maximum Gasteiger partial charge on any atom is 0.320 e. The van der Waals surface area contributed by atoms with Crippen molar-refractivity contribution in [1.82, 2.24) is 4.98 Å². The van der Waals surface area contributed by atoms with E-state index in [4.69, 9.17) is 21.1 Å². The van der Waals surface area contributed by atoms with E-state index in [0.717, 1.165) is 0 Å². The minimum absolute atomic E-state index is 0.0231. The number of aromatic hydroxyl groups is 1. The molecule has 0 saturated carbocycles. The van der Waals surface area contributed by atoms with Crippen molar-refractivity contribution in [1.29, 1.82) is 0 Å². The van der Waals surface area contributed by atoms with E-state index in [9.17, 15) is 14.4 Å². The molecule has 8 nitrogen and oxygen atoms in total. The Hall–Kier alpha value is -2.48. The van der Waals surface area contributed by atoms with Crippen LogP contribution in [0.5, 0.6) is 5.75 Å².